The van der Waals surface area contributed by atoms with Crippen LogP contribution in [-0.2, 0) is 21.9 Å². The summed E-state index contributed by atoms with van der Waals surface area (Å²) in [7, 11) is -2.10. The average Bonchev–Trinajstić information content (AvgIpc) is 3.14. The quantitative estimate of drug-likeness (QED) is 0.919. The lowest BCUT2D eigenvalue weighted by Gasteiger charge is -2.06. The van der Waals surface area contributed by atoms with E-state index in [0.717, 1.165) is 5.56 Å². The monoisotopic (exact) mass is 339 g/mol. The summed E-state index contributed by atoms with van der Waals surface area (Å²) in [5, 5.41) is 4.36. The Morgan fingerprint density at radius 2 is 2.23 bits per heavy atom. The first kappa shape index (κ1) is 15.1. The molecular weight excluding hydrogens is 326 g/mol. The number of nitrogens with one attached hydrogen (secondary N) is 1. The average molecular weight is 340 g/mol. The predicted octanol–water partition coefficient (Wildman–Crippen LogP) is 1.68. The molecule has 0 spiro atoms. The van der Waals surface area contributed by atoms with E-state index in [1.165, 1.54) is 18.2 Å². The van der Waals surface area contributed by atoms with Crippen LogP contribution < -0.4 is 4.72 Å². The summed E-state index contributed by atoms with van der Waals surface area (Å²) in [6.07, 6.45) is 4.16. The molecule has 1 fully saturated rings. The van der Waals surface area contributed by atoms with Crippen LogP contribution in [0.3, 0.4) is 0 Å². The molecule has 1 heterocycles. The van der Waals surface area contributed by atoms with Crippen molar-refractivity contribution in [2.45, 2.75) is 17.2 Å². The second-order valence-electron chi connectivity index (χ2n) is 5.32. The molecule has 1 aliphatic carbocycles. The molecule has 22 heavy (non-hydrogen) atoms. The zero-order valence-electron chi connectivity index (χ0n) is 11.7. The van der Waals surface area contributed by atoms with Crippen molar-refractivity contribution in [2.75, 3.05) is 0 Å². The Morgan fingerprint density at radius 3 is 2.86 bits per heavy atom. The number of aryl methyl sites for hydroxylation is 1. The largest absolute Gasteiger partial charge is 0.276 e. The smallest absolute Gasteiger partial charge is 0.264 e. The van der Waals surface area contributed by atoms with E-state index in [9.17, 15) is 13.2 Å². The van der Waals surface area contributed by atoms with Crippen molar-refractivity contribution in [3.8, 4) is 0 Å². The van der Waals surface area contributed by atoms with Gasteiger partial charge in [0.15, 0.2) is 0 Å². The maximum atomic E-state index is 12.2. The van der Waals surface area contributed by atoms with Crippen LogP contribution in [0.1, 0.15) is 17.9 Å². The standard InChI is InChI=1S/C14H14ClN3O3S/c1-18-8-9(7-16-18)12-6-13(12)14(19)17-22(20,21)11-4-2-3-10(15)5-11/h2-5,7-8,12-13H,6H2,1H3,(H,17,19)/t12-,13-/m0/s1. The van der Waals surface area contributed by atoms with Crippen molar-refractivity contribution in [1.82, 2.24) is 14.5 Å². The van der Waals surface area contributed by atoms with Crippen molar-refractivity contribution in [3.63, 3.8) is 0 Å². The summed E-state index contributed by atoms with van der Waals surface area (Å²) in [6.45, 7) is 0. The fraction of sp³-hybridized carbons (Fsp3) is 0.286. The molecule has 6 nitrogen and oxygen atoms in total. The lowest BCUT2D eigenvalue weighted by Crippen LogP contribution is -2.32. The molecule has 1 aromatic carbocycles. The minimum absolute atomic E-state index is 0.0214. The van der Waals surface area contributed by atoms with Crippen LogP contribution in [0.15, 0.2) is 41.6 Å². The summed E-state index contributed by atoms with van der Waals surface area (Å²) in [5.74, 6) is -0.796. The fourth-order valence-corrected chi connectivity index (χ4v) is 3.71. The van der Waals surface area contributed by atoms with Gasteiger partial charge >= 0.3 is 0 Å². The van der Waals surface area contributed by atoms with Crippen molar-refractivity contribution in [1.29, 1.82) is 0 Å². The number of hydrogen-bond donors (Lipinski definition) is 1. The van der Waals surface area contributed by atoms with Crippen molar-refractivity contribution < 1.29 is 13.2 Å². The second-order valence-corrected chi connectivity index (χ2v) is 7.44. The minimum atomic E-state index is -3.89. The number of carbonyl (C=O) groups excluding carboxylic acids is 1. The van der Waals surface area contributed by atoms with E-state index >= 15 is 0 Å². The molecule has 1 aliphatic rings. The summed E-state index contributed by atoms with van der Waals surface area (Å²) in [5.41, 5.74) is 0.947. The number of aromatic nitrogens is 2. The van der Waals surface area contributed by atoms with Crippen LogP contribution in [0.2, 0.25) is 5.02 Å². The van der Waals surface area contributed by atoms with Gasteiger partial charge in [-0.05, 0) is 36.1 Å². The van der Waals surface area contributed by atoms with Crippen LogP contribution in [0.4, 0.5) is 0 Å². The molecule has 8 heteroatoms. The van der Waals surface area contributed by atoms with Gasteiger partial charge in [-0.2, -0.15) is 5.10 Å². The summed E-state index contributed by atoms with van der Waals surface area (Å²) in [6, 6.07) is 5.80. The van der Waals surface area contributed by atoms with E-state index in [-0.39, 0.29) is 16.7 Å². The molecule has 0 saturated heterocycles. The number of nitrogens with zero attached hydrogens (tertiary/aromatic N) is 2. The number of carbonyl (C=O) groups is 1. The van der Waals surface area contributed by atoms with Gasteiger partial charge in [0.25, 0.3) is 10.0 Å². The van der Waals surface area contributed by atoms with Gasteiger partial charge in [0.2, 0.25) is 5.91 Å². The van der Waals surface area contributed by atoms with Gasteiger partial charge in [-0.25, -0.2) is 13.1 Å². The van der Waals surface area contributed by atoms with E-state index in [1.54, 1.807) is 24.0 Å². The predicted molar refractivity (Wildman–Crippen MR) is 80.8 cm³/mol. The Labute approximate surface area is 133 Å². The molecular formula is C14H14ClN3O3S. The molecule has 1 saturated carbocycles. The van der Waals surface area contributed by atoms with E-state index in [0.29, 0.717) is 11.4 Å². The molecule has 3 rings (SSSR count). The normalized spacial score (nSPS) is 20.6. The highest BCUT2D eigenvalue weighted by Gasteiger charge is 2.45. The molecule has 1 aromatic heterocycles. The first-order valence-corrected chi connectivity index (χ1v) is 8.54. The van der Waals surface area contributed by atoms with E-state index in [1.807, 2.05) is 6.20 Å². The lowest BCUT2D eigenvalue weighted by atomic mass is 10.2. The minimum Gasteiger partial charge on any atom is -0.276 e. The number of sulfonamides is 1. The molecule has 1 amide bonds. The number of benzene rings is 1. The van der Waals surface area contributed by atoms with Crippen molar-refractivity contribution >= 4 is 27.5 Å². The van der Waals surface area contributed by atoms with Gasteiger partial charge in [0.05, 0.1) is 11.1 Å². The second kappa shape index (κ2) is 5.40. The molecule has 0 aliphatic heterocycles. The van der Waals surface area contributed by atoms with Gasteiger partial charge in [0.1, 0.15) is 0 Å². The Balaban J connectivity index is 1.70. The Bertz CT molecular complexity index is 831. The third kappa shape index (κ3) is 3.00. The highest BCUT2D eigenvalue weighted by atomic mass is 35.5. The molecule has 1 N–H and O–H groups in total. The SMILES string of the molecule is Cn1cc([C@@H]2C[C@@H]2C(=O)NS(=O)(=O)c2cccc(Cl)c2)cn1. The fourth-order valence-electron chi connectivity index (χ4n) is 2.39. The molecule has 2 aromatic rings. The van der Waals surface area contributed by atoms with Crippen LogP contribution >= 0.6 is 11.6 Å². The van der Waals surface area contributed by atoms with Gasteiger partial charge in [0, 0.05) is 24.2 Å². The number of halogens is 1. The van der Waals surface area contributed by atoms with Crippen molar-refractivity contribution in [3.05, 3.63) is 47.2 Å². The summed E-state index contributed by atoms with van der Waals surface area (Å²) in [4.78, 5) is 12.1. The van der Waals surface area contributed by atoms with E-state index in [4.69, 9.17) is 11.6 Å². The Kier molecular flexibility index (Phi) is 3.70. The highest BCUT2D eigenvalue weighted by Crippen LogP contribution is 2.47. The molecule has 116 valence electrons. The van der Waals surface area contributed by atoms with Gasteiger partial charge in [-0.1, -0.05) is 17.7 Å². The zero-order chi connectivity index (χ0) is 15.9. The van der Waals surface area contributed by atoms with E-state index < -0.39 is 15.9 Å². The number of rotatable bonds is 4. The first-order valence-electron chi connectivity index (χ1n) is 6.67. The summed E-state index contributed by atoms with van der Waals surface area (Å²) < 4.78 is 28.1. The van der Waals surface area contributed by atoms with Crippen molar-refractivity contribution in [2.24, 2.45) is 13.0 Å². The molecule has 0 bridgehead atoms. The number of hydrogen-bond acceptors (Lipinski definition) is 4. The highest BCUT2D eigenvalue weighted by molar-refractivity contribution is 7.90. The number of amides is 1. The van der Waals surface area contributed by atoms with E-state index in [2.05, 4.69) is 9.82 Å². The van der Waals surface area contributed by atoms with Crippen LogP contribution in [0.5, 0.6) is 0 Å². The van der Waals surface area contributed by atoms with Gasteiger partial charge < -0.3 is 0 Å². The van der Waals surface area contributed by atoms with Gasteiger partial charge in [-0.15, -0.1) is 0 Å². The van der Waals surface area contributed by atoms with Gasteiger partial charge in [-0.3, -0.25) is 9.48 Å². The van der Waals surface area contributed by atoms with Crippen LogP contribution in [0.25, 0.3) is 0 Å². The lowest BCUT2D eigenvalue weighted by molar-refractivity contribution is -0.120. The summed E-state index contributed by atoms with van der Waals surface area (Å²) >= 11 is 5.78. The Morgan fingerprint density at radius 1 is 1.45 bits per heavy atom. The maximum absolute atomic E-state index is 12.2. The topological polar surface area (TPSA) is 81.1 Å². The third-order valence-electron chi connectivity index (χ3n) is 3.62. The third-order valence-corrected chi connectivity index (χ3v) is 5.20. The molecule has 2 atom stereocenters. The molecule has 0 radical (unpaired) electrons. The Hall–Kier alpha value is -1.86. The maximum Gasteiger partial charge on any atom is 0.264 e. The first-order chi connectivity index (χ1) is 10.4. The molecule has 0 unspecified atom stereocenters. The zero-order valence-corrected chi connectivity index (χ0v) is 13.3. The van der Waals surface area contributed by atoms with Crippen LogP contribution in [-0.4, -0.2) is 24.1 Å². The van der Waals surface area contributed by atoms with Crippen LogP contribution in [0, 0.1) is 5.92 Å².